The van der Waals surface area contributed by atoms with Crippen LogP contribution in [0.4, 0.5) is 17.5 Å². The summed E-state index contributed by atoms with van der Waals surface area (Å²) in [6.07, 6.45) is 4.96. The number of aromatic nitrogens is 2. The lowest BCUT2D eigenvalue weighted by molar-refractivity contribution is -0.137. The van der Waals surface area contributed by atoms with E-state index in [0.717, 1.165) is 41.3 Å². The van der Waals surface area contributed by atoms with Crippen molar-refractivity contribution in [3.63, 3.8) is 0 Å². The Kier molecular flexibility index (Phi) is 8.85. The van der Waals surface area contributed by atoms with Crippen LogP contribution >= 0.6 is 0 Å². The summed E-state index contributed by atoms with van der Waals surface area (Å²) in [5.74, 6) is 1.53. The Hall–Kier alpha value is -3.95. The Labute approximate surface area is 210 Å². The summed E-state index contributed by atoms with van der Waals surface area (Å²) >= 11 is 0. The van der Waals surface area contributed by atoms with Crippen molar-refractivity contribution in [1.29, 1.82) is 0 Å². The molecule has 2 aromatic carbocycles. The zero-order valence-electron chi connectivity index (χ0n) is 20.2. The molecule has 0 bridgehead atoms. The average molecular weight is 491 g/mol. The third-order valence-electron chi connectivity index (χ3n) is 5.43. The number of rotatable bonds is 10. The van der Waals surface area contributed by atoms with Gasteiger partial charge >= 0.3 is 5.97 Å². The van der Waals surface area contributed by atoms with Gasteiger partial charge in [-0.15, -0.1) is 0 Å². The van der Waals surface area contributed by atoms with Crippen LogP contribution in [-0.2, 0) is 14.3 Å². The number of nitrogens with one attached hydrogen (secondary N) is 1. The summed E-state index contributed by atoms with van der Waals surface area (Å²) in [6.45, 7) is 4.98. The maximum Gasteiger partial charge on any atom is 0.330 e. The highest BCUT2D eigenvalue weighted by Crippen LogP contribution is 2.32. The molecule has 0 unspecified atom stereocenters. The van der Waals surface area contributed by atoms with Gasteiger partial charge in [-0.1, -0.05) is 24.3 Å². The highest BCUT2D eigenvalue weighted by atomic mass is 16.5. The number of carbonyl (C=O) groups excluding carboxylic acids is 1. The number of esters is 1. The standard InChI is InChI=1S/C27H30N4O5/c1-2-35-25(33)10-9-20-5-3-6-21(17-20)24-19-28-27(30-26(24)31-11-14-34-15-12-31)29-22-7-4-8-23(18-22)36-16-13-32/h3-10,17-19,32H,2,11-16H2,1H3,(H,28,29,30)/b10-9+. The van der Waals surface area contributed by atoms with Crippen molar-refractivity contribution < 1.29 is 24.1 Å². The van der Waals surface area contributed by atoms with Crippen LogP contribution in [-0.4, -0.2) is 67.2 Å². The van der Waals surface area contributed by atoms with Crippen molar-refractivity contribution in [3.05, 3.63) is 66.4 Å². The quantitative estimate of drug-likeness (QED) is 0.325. The average Bonchev–Trinajstić information content (AvgIpc) is 2.92. The number of benzene rings is 2. The maximum absolute atomic E-state index is 11.7. The SMILES string of the molecule is CCOC(=O)/C=C/c1cccc(-c2cnc(Nc3cccc(OCCO)c3)nc2N2CCOCC2)c1. The van der Waals surface area contributed by atoms with Crippen LogP contribution in [0.15, 0.2) is 60.8 Å². The van der Waals surface area contributed by atoms with Gasteiger partial charge in [0.2, 0.25) is 5.95 Å². The minimum absolute atomic E-state index is 0.0506. The topological polar surface area (TPSA) is 106 Å². The highest BCUT2D eigenvalue weighted by molar-refractivity contribution is 5.87. The van der Waals surface area contributed by atoms with E-state index < -0.39 is 0 Å². The Bertz CT molecular complexity index is 1190. The number of aliphatic hydroxyl groups is 1. The van der Waals surface area contributed by atoms with E-state index in [1.165, 1.54) is 6.08 Å². The fourth-order valence-electron chi connectivity index (χ4n) is 3.77. The number of morpholine rings is 1. The molecule has 9 heteroatoms. The first-order valence-corrected chi connectivity index (χ1v) is 11.9. The fourth-order valence-corrected chi connectivity index (χ4v) is 3.77. The third-order valence-corrected chi connectivity index (χ3v) is 5.43. The molecule has 1 aliphatic heterocycles. The third kappa shape index (κ3) is 6.80. The monoisotopic (exact) mass is 490 g/mol. The van der Waals surface area contributed by atoms with E-state index in [1.54, 1.807) is 19.2 Å². The van der Waals surface area contributed by atoms with Gasteiger partial charge in [0.1, 0.15) is 18.2 Å². The normalized spacial score (nSPS) is 13.6. The molecule has 0 amide bonds. The Balaban J connectivity index is 1.63. The number of hydrogen-bond acceptors (Lipinski definition) is 9. The van der Waals surface area contributed by atoms with Crippen LogP contribution in [0.5, 0.6) is 5.75 Å². The number of hydrogen-bond donors (Lipinski definition) is 2. The minimum Gasteiger partial charge on any atom is -0.491 e. The molecule has 0 atom stereocenters. The van der Waals surface area contributed by atoms with E-state index >= 15 is 0 Å². The smallest absolute Gasteiger partial charge is 0.330 e. The van der Waals surface area contributed by atoms with Crippen LogP contribution in [0.25, 0.3) is 17.2 Å². The first-order chi connectivity index (χ1) is 17.7. The molecular weight excluding hydrogens is 460 g/mol. The second-order valence-corrected chi connectivity index (χ2v) is 7.97. The second-order valence-electron chi connectivity index (χ2n) is 7.97. The van der Waals surface area contributed by atoms with E-state index in [2.05, 4.69) is 15.2 Å². The van der Waals surface area contributed by atoms with E-state index in [-0.39, 0.29) is 19.2 Å². The lowest BCUT2D eigenvalue weighted by atomic mass is 10.0. The van der Waals surface area contributed by atoms with Crippen molar-refractivity contribution in [2.45, 2.75) is 6.92 Å². The number of ether oxygens (including phenoxy) is 3. The molecular formula is C27H30N4O5. The molecule has 4 rings (SSSR count). The molecule has 1 aliphatic rings. The van der Waals surface area contributed by atoms with Gasteiger partial charge in [-0.25, -0.2) is 9.78 Å². The molecule has 2 N–H and O–H groups in total. The second kappa shape index (κ2) is 12.7. The van der Waals surface area contributed by atoms with E-state index in [9.17, 15) is 4.79 Å². The van der Waals surface area contributed by atoms with Gasteiger partial charge in [-0.05, 0) is 42.3 Å². The van der Waals surface area contributed by atoms with Crippen molar-refractivity contribution in [1.82, 2.24) is 9.97 Å². The molecule has 1 saturated heterocycles. The molecule has 0 radical (unpaired) electrons. The van der Waals surface area contributed by atoms with Crippen LogP contribution in [0.2, 0.25) is 0 Å². The summed E-state index contributed by atoms with van der Waals surface area (Å²) in [5, 5.41) is 12.3. The summed E-state index contributed by atoms with van der Waals surface area (Å²) in [6, 6.07) is 15.3. The first kappa shape index (κ1) is 25.2. The lowest BCUT2D eigenvalue weighted by Crippen LogP contribution is -2.37. The molecule has 188 valence electrons. The summed E-state index contributed by atoms with van der Waals surface area (Å²) in [4.78, 5) is 23.3. The van der Waals surface area contributed by atoms with E-state index in [4.69, 9.17) is 24.3 Å². The number of anilines is 3. The van der Waals surface area contributed by atoms with Gasteiger partial charge in [0, 0.05) is 42.7 Å². The van der Waals surface area contributed by atoms with Crippen LogP contribution < -0.4 is 15.0 Å². The van der Waals surface area contributed by atoms with Gasteiger partial charge in [0.05, 0.1) is 26.4 Å². The Morgan fingerprint density at radius 3 is 2.83 bits per heavy atom. The van der Waals surface area contributed by atoms with Crippen molar-refractivity contribution in [2.24, 2.45) is 0 Å². The molecule has 2 heterocycles. The maximum atomic E-state index is 11.7. The van der Waals surface area contributed by atoms with E-state index in [0.29, 0.717) is 31.5 Å². The lowest BCUT2D eigenvalue weighted by Gasteiger charge is -2.29. The van der Waals surface area contributed by atoms with Gasteiger partial charge in [0.15, 0.2) is 0 Å². The first-order valence-electron chi connectivity index (χ1n) is 11.9. The molecule has 0 spiro atoms. The molecule has 1 aromatic heterocycles. The van der Waals surface area contributed by atoms with Crippen molar-refractivity contribution in [2.75, 3.05) is 56.3 Å². The molecule has 0 saturated carbocycles. The fraction of sp³-hybridized carbons (Fsp3) is 0.296. The van der Waals surface area contributed by atoms with Crippen molar-refractivity contribution >= 4 is 29.5 Å². The van der Waals surface area contributed by atoms with Gasteiger partial charge in [-0.2, -0.15) is 4.98 Å². The largest absolute Gasteiger partial charge is 0.491 e. The molecule has 9 nitrogen and oxygen atoms in total. The summed E-state index contributed by atoms with van der Waals surface area (Å²) in [7, 11) is 0. The summed E-state index contributed by atoms with van der Waals surface area (Å²) < 4.78 is 16.0. The van der Waals surface area contributed by atoms with Crippen LogP contribution in [0.1, 0.15) is 12.5 Å². The highest BCUT2D eigenvalue weighted by Gasteiger charge is 2.19. The van der Waals surface area contributed by atoms with Crippen molar-refractivity contribution in [3.8, 4) is 16.9 Å². The van der Waals surface area contributed by atoms with Gasteiger partial charge in [0.25, 0.3) is 0 Å². The molecule has 36 heavy (non-hydrogen) atoms. The predicted octanol–water partition coefficient (Wildman–Crippen LogP) is 3.67. The zero-order chi connectivity index (χ0) is 25.2. The molecule has 1 fully saturated rings. The Morgan fingerprint density at radius 1 is 1.19 bits per heavy atom. The zero-order valence-corrected chi connectivity index (χ0v) is 20.2. The summed E-state index contributed by atoms with van der Waals surface area (Å²) in [5.41, 5.74) is 3.47. The Morgan fingerprint density at radius 2 is 2.03 bits per heavy atom. The molecule has 3 aromatic rings. The van der Waals surface area contributed by atoms with E-state index in [1.807, 2.05) is 48.5 Å². The molecule has 0 aliphatic carbocycles. The number of aliphatic hydroxyl groups excluding tert-OH is 1. The number of carbonyl (C=O) groups is 1. The van der Waals surface area contributed by atoms with Gasteiger partial charge < -0.3 is 29.5 Å². The van der Waals surface area contributed by atoms with Gasteiger partial charge in [-0.3, -0.25) is 0 Å². The predicted molar refractivity (Wildman–Crippen MR) is 138 cm³/mol. The van der Waals surface area contributed by atoms with Crippen LogP contribution in [0, 0.1) is 0 Å². The minimum atomic E-state index is -0.374. The van der Waals surface area contributed by atoms with Crippen LogP contribution in [0.3, 0.4) is 0 Å². The number of nitrogens with zero attached hydrogens (tertiary/aromatic N) is 3.